The van der Waals surface area contributed by atoms with Gasteiger partial charge in [-0.05, 0) is 65.4 Å². The van der Waals surface area contributed by atoms with Crippen molar-refractivity contribution < 1.29 is 18.7 Å². The van der Waals surface area contributed by atoms with Crippen molar-refractivity contribution in [2.75, 3.05) is 30.9 Å². The van der Waals surface area contributed by atoms with E-state index in [4.69, 9.17) is 15.3 Å². The highest BCUT2D eigenvalue weighted by molar-refractivity contribution is 5.91. The third kappa shape index (κ3) is 4.81. The summed E-state index contributed by atoms with van der Waals surface area (Å²) in [5, 5.41) is 2.89. The van der Waals surface area contributed by atoms with Gasteiger partial charge in [-0.25, -0.2) is 14.0 Å². The number of methoxy groups -OCH3 is 1. The van der Waals surface area contributed by atoms with E-state index in [-0.39, 0.29) is 40.3 Å². The van der Waals surface area contributed by atoms with Crippen LogP contribution in [0.25, 0.3) is 10.9 Å². The van der Waals surface area contributed by atoms with E-state index in [0.717, 1.165) is 31.7 Å². The first-order chi connectivity index (χ1) is 16.4. The van der Waals surface area contributed by atoms with Crippen molar-refractivity contribution in [3.05, 3.63) is 32.7 Å². The van der Waals surface area contributed by atoms with E-state index in [1.165, 1.54) is 11.7 Å². The Kier molecular flexibility index (Phi) is 6.46. The lowest BCUT2D eigenvalue weighted by molar-refractivity contribution is 0.0488. The largest absolute Gasteiger partial charge is 0.492 e. The van der Waals surface area contributed by atoms with E-state index in [1.807, 2.05) is 11.8 Å². The number of nitrogen functional groups attached to an aromatic ring is 1. The molecule has 1 aliphatic heterocycles. The molecule has 0 bridgehead atoms. The molecule has 2 atom stereocenters. The minimum absolute atomic E-state index is 0.00520. The molecule has 10 nitrogen and oxygen atoms in total. The third-order valence-electron chi connectivity index (χ3n) is 6.63. The molecule has 11 heteroatoms. The zero-order valence-corrected chi connectivity index (χ0v) is 20.9. The lowest BCUT2D eigenvalue weighted by atomic mass is 9.91. The average molecular weight is 492 g/mol. The van der Waals surface area contributed by atoms with Crippen molar-refractivity contribution in [3.8, 4) is 5.75 Å². The van der Waals surface area contributed by atoms with Crippen LogP contribution in [0, 0.1) is 11.7 Å². The zero-order chi connectivity index (χ0) is 25.7. The highest BCUT2D eigenvalue weighted by Gasteiger charge is 2.34. The van der Waals surface area contributed by atoms with Gasteiger partial charge in [0.15, 0.2) is 11.6 Å². The molecule has 1 saturated heterocycles. The number of ether oxygens (including phenoxy) is 2. The third-order valence-corrected chi connectivity index (χ3v) is 6.63. The normalized spacial score (nSPS) is 19.5. The summed E-state index contributed by atoms with van der Waals surface area (Å²) in [5.74, 6) is 5.27. The topological polar surface area (TPSA) is 121 Å². The second-order valence-electron chi connectivity index (χ2n) is 10.5. The van der Waals surface area contributed by atoms with Crippen LogP contribution in [0.1, 0.15) is 59.4 Å². The molecule has 2 heterocycles. The maximum atomic E-state index is 15.5. The van der Waals surface area contributed by atoms with Gasteiger partial charge in [0, 0.05) is 25.2 Å². The number of rotatable bonds is 5. The number of hydrogen-bond acceptors (Lipinski definition) is 7. The van der Waals surface area contributed by atoms with Gasteiger partial charge in [0.1, 0.15) is 16.8 Å². The van der Waals surface area contributed by atoms with Gasteiger partial charge in [-0.1, -0.05) is 0 Å². The van der Waals surface area contributed by atoms with Crippen LogP contribution in [0.2, 0.25) is 0 Å². The Hall–Kier alpha value is -3.24. The number of carbonyl (C=O) groups is 1. The Morgan fingerprint density at radius 1 is 1.26 bits per heavy atom. The minimum Gasteiger partial charge on any atom is -0.492 e. The number of aromatic nitrogens is 2. The highest BCUT2D eigenvalue weighted by atomic mass is 19.1. The minimum atomic E-state index is -0.766. The molecule has 2 fully saturated rings. The lowest BCUT2D eigenvalue weighted by Crippen LogP contribution is -2.48. The van der Waals surface area contributed by atoms with Gasteiger partial charge in [0.2, 0.25) is 0 Å². The number of anilines is 1. The molecular formula is C24H34FN5O5. The van der Waals surface area contributed by atoms with Gasteiger partial charge in [0.25, 0.3) is 5.56 Å². The number of halogens is 1. The first-order valence-electron chi connectivity index (χ1n) is 12.0. The number of amides is 1. The molecule has 192 valence electrons. The molecule has 1 aromatic heterocycles. The van der Waals surface area contributed by atoms with Crippen molar-refractivity contribution in [3.63, 3.8) is 0 Å². The standard InChI is InChI=1S/C24H34FN5O5/c1-13(27-22(32)35-24(2,3)4)14-7-6-10-28(12-14)19-17(25)11-16-18(20(19)34-5)29(15-8-9-15)23(33)30(26)21(16)31/h11,13-15H,6-10,12,26H2,1-5H3,(H,27,32). The summed E-state index contributed by atoms with van der Waals surface area (Å²) in [6.45, 7) is 8.33. The number of carbonyl (C=O) groups excluding carboxylic acids is 1. The van der Waals surface area contributed by atoms with Crippen LogP contribution >= 0.6 is 0 Å². The van der Waals surface area contributed by atoms with E-state index in [0.29, 0.717) is 17.8 Å². The fraction of sp³-hybridized carbons (Fsp3) is 0.625. The smallest absolute Gasteiger partial charge is 0.407 e. The summed E-state index contributed by atoms with van der Waals surface area (Å²) in [6.07, 6.45) is 2.65. The maximum absolute atomic E-state index is 15.5. The number of alkyl carbamates (subject to hydrolysis) is 1. The summed E-state index contributed by atoms with van der Waals surface area (Å²) in [4.78, 5) is 39.7. The van der Waals surface area contributed by atoms with Crippen molar-refractivity contribution >= 4 is 22.7 Å². The Bertz CT molecular complexity index is 1260. The van der Waals surface area contributed by atoms with Gasteiger partial charge in [-0.3, -0.25) is 9.36 Å². The molecule has 1 aliphatic carbocycles. The first kappa shape index (κ1) is 24.9. The summed E-state index contributed by atoms with van der Waals surface area (Å²) in [6, 6.07) is 0.819. The van der Waals surface area contributed by atoms with E-state index in [1.54, 1.807) is 20.8 Å². The molecule has 3 N–H and O–H groups in total. The number of piperidine rings is 1. The molecule has 0 spiro atoms. The predicted octanol–water partition coefficient (Wildman–Crippen LogP) is 2.49. The number of hydrogen-bond donors (Lipinski definition) is 2. The Labute approximate surface area is 202 Å². The van der Waals surface area contributed by atoms with Crippen molar-refractivity contribution in [2.45, 2.75) is 71.1 Å². The quantitative estimate of drug-likeness (QED) is 0.617. The van der Waals surface area contributed by atoms with Crippen molar-refractivity contribution in [2.24, 2.45) is 5.92 Å². The van der Waals surface area contributed by atoms with Gasteiger partial charge in [0.05, 0.1) is 12.5 Å². The first-order valence-corrected chi connectivity index (χ1v) is 12.0. The molecule has 2 unspecified atom stereocenters. The van der Waals surface area contributed by atoms with Crippen LogP contribution in [0.5, 0.6) is 5.75 Å². The fourth-order valence-electron chi connectivity index (χ4n) is 4.83. The summed E-state index contributed by atoms with van der Waals surface area (Å²) >= 11 is 0. The number of nitrogens with two attached hydrogens (primary N) is 1. The van der Waals surface area contributed by atoms with E-state index in [9.17, 15) is 14.4 Å². The van der Waals surface area contributed by atoms with Crippen LogP contribution in [0.3, 0.4) is 0 Å². The van der Waals surface area contributed by atoms with Crippen LogP contribution < -0.4 is 32.0 Å². The second-order valence-corrected chi connectivity index (χ2v) is 10.5. The fourth-order valence-corrected chi connectivity index (χ4v) is 4.83. The number of nitrogens with zero attached hydrogens (tertiary/aromatic N) is 3. The lowest BCUT2D eigenvalue weighted by Gasteiger charge is -2.38. The van der Waals surface area contributed by atoms with Crippen LogP contribution in [-0.4, -0.2) is 47.2 Å². The van der Waals surface area contributed by atoms with Gasteiger partial charge in [-0.15, -0.1) is 0 Å². The van der Waals surface area contributed by atoms with Crippen LogP contribution in [-0.2, 0) is 4.74 Å². The Morgan fingerprint density at radius 3 is 2.54 bits per heavy atom. The number of benzene rings is 1. The Balaban J connectivity index is 1.72. The zero-order valence-electron chi connectivity index (χ0n) is 20.9. The van der Waals surface area contributed by atoms with Gasteiger partial charge in [-0.2, -0.15) is 4.68 Å². The van der Waals surface area contributed by atoms with Crippen molar-refractivity contribution in [1.29, 1.82) is 0 Å². The molecule has 1 aromatic carbocycles. The number of fused-ring (bicyclic) bond motifs is 1. The van der Waals surface area contributed by atoms with Crippen molar-refractivity contribution in [1.82, 2.24) is 14.6 Å². The highest BCUT2D eigenvalue weighted by Crippen LogP contribution is 2.43. The molecule has 1 saturated carbocycles. The molecule has 2 aromatic rings. The van der Waals surface area contributed by atoms with E-state index < -0.39 is 28.8 Å². The summed E-state index contributed by atoms with van der Waals surface area (Å²) < 4.78 is 28.6. The van der Waals surface area contributed by atoms with Gasteiger partial charge < -0.3 is 25.5 Å². The maximum Gasteiger partial charge on any atom is 0.407 e. The second kappa shape index (κ2) is 9.09. The molecule has 1 amide bonds. The molecule has 2 aliphatic rings. The average Bonchev–Trinajstić information content (AvgIpc) is 3.61. The Morgan fingerprint density at radius 2 is 1.94 bits per heavy atom. The SMILES string of the molecule is COc1c(N2CCCC(C(C)NC(=O)OC(C)(C)C)C2)c(F)cc2c(=O)n(N)c(=O)n(C3CC3)c12. The summed E-state index contributed by atoms with van der Waals surface area (Å²) in [7, 11) is 1.40. The monoisotopic (exact) mass is 491 g/mol. The molecular weight excluding hydrogens is 457 g/mol. The summed E-state index contributed by atoms with van der Waals surface area (Å²) in [5.41, 5.74) is -1.55. The molecule has 0 radical (unpaired) electrons. The number of nitrogens with one attached hydrogen (secondary N) is 1. The van der Waals surface area contributed by atoms with E-state index >= 15 is 4.39 Å². The predicted molar refractivity (Wildman–Crippen MR) is 131 cm³/mol. The molecule has 35 heavy (non-hydrogen) atoms. The van der Waals surface area contributed by atoms with E-state index in [2.05, 4.69) is 5.32 Å². The van der Waals surface area contributed by atoms with Gasteiger partial charge >= 0.3 is 11.8 Å². The molecule has 4 rings (SSSR count). The van der Waals surface area contributed by atoms with Crippen LogP contribution in [0.4, 0.5) is 14.9 Å². The van der Waals surface area contributed by atoms with Crippen LogP contribution in [0.15, 0.2) is 15.7 Å².